The predicted octanol–water partition coefficient (Wildman–Crippen LogP) is 1.25. The Balaban J connectivity index is 2.33. The number of cyclic esters (lactones) is 1. The summed E-state index contributed by atoms with van der Waals surface area (Å²) >= 11 is 0. The van der Waals surface area contributed by atoms with E-state index in [0.717, 1.165) is 0 Å². The lowest BCUT2D eigenvalue weighted by Gasteiger charge is -2.11. The third-order valence-corrected chi connectivity index (χ3v) is 2.41. The van der Waals surface area contributed by atoms with Gasteiger partial charge in [-0.1, -0.05) is 18.2 Å². The van der Waals surface area contributed by atoms with Crippen LogP contribution in [-0.4, -0.2) is 25.8 Å². The average Bonchev–Trinajstić information content (AvgIpc) is 2.75. The largest absolute Gasteiger partial charge is 0.465 e. The summed E-state index contributed by atoms with van der Waals surface area (Å²) in [5, 5.41) is 2.62. The number of ether oxygens (including phenoxy) is 2. The molecule has 1 aliphatic rings. The van der Waals surface area contributed by atoms with Gasteiger partial charge in [0, 0.05) is 0 Å². The molecule has 0 aliphatic carbocycles. The molecule has 1 aromatic rings. The van der Waals surface area contributed by atoms with Gasteiger partial charge in [0.25, 0.3) is 0 Å². The number of hydrogen-bond acceptors (Lipinski definition) is 4. The van der Waals surface area contributed by atoms with Crippen molar-refractivity contribution < 1.29 is 19.1 Å². The van der Waals surface area contributed by atoms with E-state index < -0.39 is 12.1 Å². The van der Waals surface area contributed by atoms with E-state index in [4.69, 9.17) is 4.74 Å². The summed E-state index contributed by atoms with van der Waals surface area (Å²) in [5.74, 6) is -0.420. The molecular weight excluding hydrogens is 210 g/mol. The number of benzene rings is 1. The Morgan fingerprint density at radius 1 is 1.50 bits per heavy atom. The summed E-state index contributed by atoms with van der Waals surface area (Å²) in [6.45, 7) is 0.229. The topological polar surface area (TPSA) is 64.6 Å². The molecule has 16 heavy (non-hydrogen) atoms. The predicted molar refractivity (Wildman–Crippen MR) is 55.0 cm³/mol. The molecule has 0 saturated carbocycles. The third kappa shape index (κ3) is 1.84. The second-order valence-corrected chi connectivity index (χ2v) is 3.37. The highest BCUT2D eigenvalue weighted by atomic mass is 16.6. The Kier molecular flexibility index (Phi) is 2.76. The molecule has 0 bridgehead atoms. The molecule has 2 rings (SSSR count). The van der Waals surface area contributed by atoms with Crippen molar-refractivity contribution >= 4 is 12.1 Å². The van der Waals surface area contributed by atoms with Crippen LogP contribution >= 0.6 is 0 Å². The van der Waals surface area contributed by atoms with E-state index in [2.05, 4.69) is 10.1 Å². The van der Waals surface area contributed by atoms with Gasteiger partial charge in [0.15, 0.2) is 0 Å². The summed E-state index contributed by atoms with van der Waals surface area (Å²) in [5.41, 5.74) is 1.15. The average molecular weight is 221 g/mol. The first kappa shape index (κ1) is 10.5. The van der Waals surface area contributed by atoms with Gasteiger partial charge in [-0.2, -0.15) is 0 Å². The number of carbonyl (C=O) groups is 2. The Labute approximate surface area is 92.4 Å². The Morgan fingerprint density at radius 2 is 2.25 bits per heavy atom. The van der Waals surface area contributed by atoms with Gasteiger partial charge in [0.2, 0.25) is 0 Å². The van der Waals surface area contributed by atoms with Crippen LogP contribution in [0.4, 0.5) is 4.79 Å². The zero-order chi connectivity index (χ0) is 11.5. The van der Waals surface area contributed by atoms with Crippen LogP contribution in [0.5, 0.6) is 0 Å². The lowest BCUT2D eigenvalue weighted by Crippen LogP contribution is -2.21. The molecule has 1 amide bonds. The molecule has 0 spiro atoms. The van der Waals surface area contributed by atoms with Crippen LogP contribution in [0.2, 0.25) is 0 Å². The standard InChI is InChI=1S/C11H11NO4/c1-15-10(13)8-5-3-2-4-7(8)9-6-16-11(14)12-9/h2-5,9H,6H2,1H3,(H,12,14)/t9-/m1/s1. The highest BCUT2D eigenvalue weighted by Gasteiger charge is 2.27. The van der Waals surface area contributed by atoms with E-state index in [1.165, 1.54) is 7.11 Å². The van der Waals surface area contributed by atoms with Crippen molar-refractivity contribution in [1.29, 1.82) is 0 Å². The van der Waals surface area contributed by atoms with Gasteiger partial charge in [0.05, 0.1) is 18.7 Å². The maximum atomic E-state index is 11.5. The molecule has 1 fully saturated rings. The zero-order valence-corrected chi connectivity index (χ0v) is 8.73. The lowest BCUT2D eigenvalue weighted by molar-refractivity contribution is 0.0598. The minimum atomic E-state index is -0.468. The number of amides is 1. The number of methoxy groups -OCH3 is 1. The maximum Gasteiger partial charge on any atom is 0.407 e. The molecule has 0 radical (unpaired) electrons. The van der Waals surface area contributed by atoms with Crippen molar-refractivity contribution in [3.63, 3.8) is 0 Å². The smallest absolute Gasteiger partial charge is 0.407 e. The quantitative estimate of drug-likeness (QED) is 0.763. The van der Waals surface area contributed by atoms with E-state index in [1.54, 1.807) is 24.3 Å². The molecule has 1 atom stereocenters. The summed E-state index contributed by atoms with van der Waals surface area (Å²) in [4.78, 5) is 22.4. The number of nitrogens with one attached hydrogen (secondary N) is 1. The van der Waals surface area contributed by atoms with Crippen LogP contribution in [0.1, 0.15) is 22.0 Å². The minimum absolute atomic E-state index is 0.229. The van der Waals surface area contributed by atoms with Gasteiger partial charge in [-0.3, -0.25) is 0 Å². The first-order chi connectivity index (χ1) is 7.72. The van der Waals surface area contributed by atoms with Gasteiger partial charge in [-0.05, 0) is 11.6 Å². The molecule has 1 heterocycles. The number of esters is 1. The summed E-state index contributed by atoms with van der Waals surface area (Å²) in [6, 6.07) is 6.68. The Morgan fingerprint density at radius 3 is 2.88 bits per heavy atom. The normalized spacial score (nSPS) is 18.8. The van der Waals surface area contributed by atoms with E-state index in [-0.39, 0.29) is 12.6 Å². The highest BCUT2D eigenvalue weighted by molar-refractivity contribution is 5.91. The second-order valence-electron chi connectivity index (χ2n) is 3.37. The number of rotatable bonds is 2. The van der Waals surface area contributed by atoms with E-state index >= 15 is 0 Å². The van der Waals surface area contributed by atoms with Gasteiger partial charge in [0.1, 0.15) is 6.61 Å². The van der Waals surface area contributed by atoms with Crippen LogP contribution in [0.3, 0.4) is 0 Å². The SMILES string of the molecule is COC(=O)c1ccccc1[C@H]1COC(=O)N1. The van der Waals surface area contributed by atoms with Crippen molar-refractivity contribution in [2.24, 2.45) is 0 Å². The molecule has 0 unspecified atom stereocenters. The molecule has 1 saturated heterocycles. The Hall–Kier alpha value is -2.04. The first-order valence-electron chi connectivity index (χ1n) is 4.83. The van der Waals surface area contributed by atoms with E-state index in [9.17, 15) is 9.59 Å². The van der Waals surface area contributed by atoms with Gasteiger partial charge < -0.3 is 14.8 Å². The molecular formula is C11H11NO4. The van der Waals surface area contributed by atoms with Crippen molar-refractivity contribution in [2.45, 2.75) is 6.04 Å². The molecule has 1 aliphatic heterocycles. The summed E-state index contributed by atoms with van der Waals surface area (Å²) < 4.78 is 9.46. The fourth-order valence-electron chi connectivity index (χ4n) is 1.65. The van der Waals surface area contributed by atoms with Crippen LogP contribution in [0.25, 0.3) is 0 Å². The first-order valence-corrected chi connectivity index (χ1v) is 4.83. The maximum absolute atomic E-state index is 11.5. The fraction of sp³-hybridized carbons (Fsp3) is 0.273. The van der Waals surface area contributed by atoms with E-state index in [1.807, 2.05) is 0 Å². The molecule has 5 nitrogen and oxygen atoms in total. The second kappa shape index (κ2) is 4.22. The molecule has 1 aromatic carbocycles. The van der Waals surface area contributed by atoms with Crippen molar-refractivity contribution in [2.75, 3.05) is 13.7 Å². The lowest BCUT2D eigenvalue weighted by atomic mass is 10.0. The summed E-state index contributed by atoms with van der Waals surface area (Å²) in [7, 11) is 1.32. The van der Waals surface area contributed by atoms with E-state index in [0.29, 0.717) is 11.1 Å². The van der Waals surface area contributed by atoms with Crippen LogP contribution in [0.15, 0.2) is 24.3 Å². The molecule has 1 N–H and O–H groups in total. The molecule has 84 valence electrons. The van der Waals surface area contributed by atoms with Gasteiger partial charge in [-0.15, -0.1) is 0 Å². The van der Waals surface area contributed by atoms with Crippen LogP contribution < -0.4 is 5.32 Å². The molecule has 5 heteroatoms. The molecule has 0 aromatic heterocycles. The Bertz CT molecular complexity index is 430. The van der Waals surface area contributed by atoms with Gasteiger partial charge >= 0.3 is 12.1 Å². The summed E-state index contributed by atoms with van der Waals surface area (Å²) in [6.07, 6.45) is -0.468. The number of alkyl carbamates (subject to hydrolysis) is 1. The van der Waals surface area contributed by atoms with Crippen molar-refractivity contribution in [3.05, 3.63) is 35.4 Å². The zero-order valence-electron chi connectivity index (χ0n) is 8.73. The minimum Gasteiger partial charge on any atom is -0.465 e. The van der Waals surface area contributed by atoms with Crippen LogP contribution in [0, 0.1) is 0 Å². The monoisotopic (exact) mass is 221 g/mol. The highest BCUT2D eigenvalue weighted by Crippen LogP contribution is 2.22. The fourth-order valence-corrected chi connectivity index (χ4v) is 1.65. The van der Waals surface area contributed by atoms with Crippen molar-refractivity contribution in [1.82, 2.24) is 5.32 Å². The number of hydrogen-bond donors (Lipinski definition) is 1. The van der Waals surface area contributed by atoms with Crippen molar-refractivity contribution in [3.8, 4) is 0 Å². The van der Waals surface area contributed by atoms with Crippen LogP contribution in [-0.2, 0) is 9.47 Å². The number of carbonyl (C=O) groups excluding carboxylic acids is 2. The third-order valence-electron chi connectivity index (χ3n) is 2.41. The van der Waals surface area contributed by atoms with Gasteiger partial charge in [-0.25, -0.2) is 9.59 Å².